The van der Waals surface area contributed by atoms with Crippen molar-refractivity contribution in [2.24, 2.45) is 0 Å². The number of halogens is 1. The van der Waals surface area contributed by atoms with Gasteiger partial charge in [0, 0.05) is 12.1 Å². The average molecular weight is 300 g/mol. The van der Waals surface area contributed by atoms with Crippen LogP contribution in [-0.4, -0.2) is 10.1 Å². The van der Waals surface area contributed by atoms with E-state index in [1.807, 2.05) is 18.2 Å². The van der Waals surface area contributed by atoms with Crippen molar-refractivity contribution < 1.29 is 4.52 Å². The number of aryl methyl sites for hydroxylation is 2. The van der Waals surface area contributed by atoms with E-state index in [1.165, 1.54) is 5.56 Å². The molecular weight excluding hydrogens is 286 g/mol. The van der Waals surface area contributed by atoms with Crippen molar-refractivity contribution in [2.45, 2.75) is 12.8 Å². The lowest BCUT2D eigenvalue weighted by Gasteiger charge is -1.99. The van der Waals surface area contributed by atoms with Gasteiger partial charge in [-0.15, -0.1) is 0 Å². The SMILES string of the molecule is Nc1ccc(Cl)c(-c2nc(CCc3ccccc3)no2)c1. The molecule has 3 aromatic rings. The first-order chi connectivity index (χ1) is 10.2. The summed E-state index contributed by atoms with van der Waals surface area (Å²) in [5, 5.41) is 4.54. The van der Waals surface area contributed by atoms with Gasteiger partial charge in [-0.05, 0) is 30.2 Å². The van der Waals surface area contributed by atoms with Gasteiger partial charge in [0.2, 0.25) is 0 Å². The van der Waals surface area contributed by atoms with Crippen molar-refractivity contribution in [3.05, 3.63) is 64.9 Å². The lowest BCUT2D eigenvalue weighted by atomic mass is 10.1. The maximum absolute atomic E-state index is 6.13. The monoisotopic (exact) mass is 299 g/mol. The third-order valence-electron chi connectivity index (χ3n) is 3.17. The Morgan fingerprint density at radius 3 is 2.67 bits per heavy atom. The fraction of sp³-hybridized carbons (Fsp3) is 0.125. The highest BCUT2D eigenvalue weighted by atomic mass is 35.5. The molecule has 5 heteroatoms. The van der Waals surface area contributed by atoms with Gasteiger partial charge in [0.15, 0.2) is 5.82 Å². The van der Waals surface area contributed by atoms with Gasteiger partial charge in [0.25, 0.3) is 5.89 Å². The van der Waals surface area contributed by atoms with E-state index in [4.69, 9.17) is 21.9 Å². The maximum Gasteiger partial charge on any atom is 0.259 e. The zero-order valence-corrected chi connectivity index (χ0v) is 12.0. The molecule has 3 rings (SSSR count). The summed E-state index contributed by atoms with van der Waals surface area (Å²) in [7, 11) is 0. The molecule has 1 aromatic heterocycles. The minimum absolute atomic E-state index is 0.398. The molecule has 2 N–H and O–H groups in total. The molecule has 0 spiro atoms. The lowest BCUT2D eigenvalue weighted by Crippen LogP contribution is -1.93. The number of nitrogens with zero attached hydrogens (tertiary/aromatic N) is 2. The predicted octanol–water partition coefficient (Wildman–Crippen LogP) is 3.76. The molecule has 0 saturated heterocycles. The van der Waals surface area contributed by atoms with E-state index in [1.54, 1.807) is 18.2 Å². The minimum atomic E-state index is 0.398. The van der Waals surface area contributed by atoms with Crippen molar-refractivity contribution >= 4 is 17.3 Å². The predicted molar refractivity (Wildman–Crippen MR) is 83.0 cm³/mol. The number of anilines is 1. The van der Waals surface area contributed by atoms with Crippen LogP contribution in [-0.2, 0) is 12.8 Å². The van der Waals surface area contributed by atoms with Crippen LogP contribution in [0.15, 0.2) is 53.1 Å². The van der Waals surface area contributed by atoms with E-state index >= 15 is 0 Å². The second-order valence-corrected chi connectivity index (χ2v) is 5.15. The van der Waals surface area contributed by atoms with Gasteiger partial charge < -0.3 is 10.3 Å². The van der Waals surface area contributed by atoms with Crippen molar-refractivity contribution in [2.75, 3.05) is 5.73 Å². The fourth-order valence-electron chi connectivity index (χ4n) is 2.07. The Bertz CT molecular complexity index is 740. The van der Waals surface area contributed by atoms with Gasteiger partial charge in [-0.2, -0.15) is 4.98 Å². The highest BCUT2D eigenvalue weighted by molar-refractivity contribution is 6.33. The summed E-state index contributed by atoms with van der Waals surface area (Å²) < 4.78 is 5.27. The van der Waals surface area contributed by atoms with E-state index in [2.05, 4.69) is 22.3 Å². The fourth-order valence-corrected chi connectivity index (χ4v) is 2.27. The number of aromatic nitrogens is 2. The van der Waals surface area contributed by atoms with Gasteiger partial charge in [0.1, 0.15) is 0 Å². The third-order valence-corrected chi connectivity index (χ3v) is 3.50. The normalized spacial score (nSPS) is 10.7. The van der Waals surface area contributed by atoms with Gasteiger partial charge in [0.05, 0.1) is 10.6 Å². The van der Waals surface area contributed by atoms with E-state index < -0.39 is 0 Å². The third kappa shape index (κ3) is 3.23. The summed E-state index contributed by atoms with van der Waals surface area (Å²) in [4.78, 5) is 4.38. The first-order valence-corrected chi connectivity index (χ1v) is 7.02. The Morgan fingerprint density at radius 1 is 1.05 bits per heavy atom. The molecule has 0 bridgehead atoms. The molecule has 0 saturated carbocycles. The lowest BCUT2D eigenvalue weighted by molar-refractivity contribution is 0.422. The summed E-state index contributed by atoms with van der Waals surface area (Å²) >= 11 is 6.13. The average Bonchev–Trinajstić information content (AvgIpc) is 2.97. The number of rotatable bonds is 4. The first-order valence-electron chi connectivity index (χ1n) is 6.64. The minimum Gasteiger partial charge on any atom is -0.399 e. The molecule has 0 radical (unpaired) electrons. The molecule has 2 aromatic carbocycles. The molecule has 0 atom stereocenters. The molecular formula is C16H14ClN3O. The molecule has 0 aliphatic carbocycles. The van der Waals surface area contributed by atoms with Crippen LogP contribution in [0.25, 0.3) is 11.5 Å². The van der Waals surface area contributed by atoms with E-state index in [9.17, 15) is 0 Å². The maximum atomic E-state index is 6.13. The summed E-state index contributed by atoms with van der Waals surface area (Å²) in [6.45, 7) is 0. The molecule has 0 fully saturated rings. The molecule has 0 aliphatic heterocycles. The highest BCUT2D eigenvalue weighted by Crippen LogP contribution is 2.28. The molecule has 21 heavy (non-hydrogen) atoms. The van der Waals surface area contributed by atoms with Gasteiger partial charge >= 0.3 is 0 Å². The molecule has 4 nitrogen and oxygen atoms in total. The van der Waals surface area contributed by atoms with Crippen LogP contribution in [0.3, 0.4) is 0 Å². The number of nitrogen functional groups attached to an aromatic ring is 1. The van der Waals surface area contributed by atoms with E-state index in [0.717, 1.165) is 6.42 Å². The number of hydrogen-bond acceptors (Lipinski definition) is 4. The van der Waals surface area contributed by atoms with Crippen molar-refractivity contribution in [1.29, 1.82) is 0 Å². The largest absolute Gasteiger partial charge is 0.399 e. The summed E-state index contributed by atoms with van der Waals surface area (Å²) in [5.41, 5.74) is 8.27. The zero-order valence-electron chi connectivity index (χ0n) is 11.3. The Hall–Kier alpha value is -2.33. The van der Waals surface area contributed by atoms with Crippen molar-refractivity contribution in [3.63, 3.8) is 0 Å². The van der Waals surface area contributed by atoms with Crippen LogP contribution >= 0.6 is 11.6 Å². The smallest absolute Gasteiger partial charge is 0.259 e. The first kappa shape index (κ1) is 13.6. The van der Waals surface area contributed by atoms with Crippen LogP contribution in [0.1, 0.15) is 11.4 Å². The standard InChI is InChI=1S/C16H14ClN3O/c17-14-8-7-12(18)10-13(14)16-19-15(20-21-16)9-6-11-4-2-1-3-5-11/h1-5,7-8,10H,6,9,18H2. The van der Waals surface area contributed by atoms with Gasteiger partial charge in [-0.1, -0.05) is 47.1 Å². The summed E-state index contributed by atoms with van der Waals surface area (Å²) in [6, 6.07) is 15.4. The molecule has 0 amide bonds. The number of nitrogens with two attached hydrogens (primary N) is 1. The van der Waals surface area contributed by atoms with E-state index in [-0.39, 0.29) is 0 Å². The van der Waals surface area contributed by atoms with Crippen LogP contribution in [0.2, 0.25) is 5.02 Å². The molecule has 1 heterocycles. The zero-order chi connectivity index (χ0) is 14.7. The summed E-state index contributed by atoms with van der Waals surface area (Å²) in [6.07, 6.45) is 1.58. The number of benzene rings is 2. The second kappa shape index (κ2) is 5.97. The quantitative estimate of drug-likeness (QED) is 0.745. The Kier molecular flexibility index (Phi) is 3.88. The topological polar surface area (TPSA) is 64.9 Å². The Morgan fingerprint density at radius 2 is 1.86 bits per heavy atom. The van der Waals surface area contributed by atoms with Crippen molar-refractivity contribution in [1.82, 2.24) is 10.1 Å². The van der Waals surface area contributed by atoms with Crippen LogP contribution in [0.5, 0.6) is 0 Å². The molecule has 0 unspecified atom stereocenters. The highest BCUT2D eigenvalue weighted by Gasteiger charge is 2.12. The van der Waals surface area contributed by atoms with Gasteiger partial charge in [-0.25, -0.2) is 0 Å². The number of hydrogen-bond donors (Lipinski definition) is 1. The van der Waals surface area contributed by atoms with Crippen LogP contribution in [0, 0.1) is 0 Å². The van der Waals surface area contributed by atoms with E-state index in [0.29, 0.717) is 34.4 Å². The van der Waals surface area contributed by atoms with Crippen LogP contribution in [0.4, 0.5) is 5.69 Å². The van der Waals surface area contributed by atoms with Gasteiger partial charge in [-0.3, -0.25) is 0 Å². The Labute approximate surface area is 127 Å². The summed E-state index contributed by atoms with van der Waals surface area (Å²) in [5.74, 6) is 1.06. The molecule has 106 valence electrons. The van der Waals surface area contributed by atoms with Crippen molar-refractivity contribution in [3.8, 4) is 11.5 Å². The second-order valence-electron chi connectivity index (χ2n) is 4.74. The molecule has 0 aliphatic rings. The Balaban J connectivity index is 1.76. The van der Waals surface area contributed by atoms with Crippen LogP contribution < -0.4 is 5.73 Å².